The van der Waals surface area contributed by atoms with E-state index >= 15 is 4.39 Å². The van der Waals surface area contributed by atoms with Crippen molar-refractivity contribution in [2.45, 2.75) is 84.7 Å². The third kappa shape index (κ3) is 4.46. The Morgan fingerprint density at radius 2 is 1.70 bits per heavy atom. The van der Waals surface area contributed by atoms with Crippen molar-refractivity contribution in [3.8, 4) is 17.2 Å². The summed E-state index contributed by atoms with van der Waals surface area (Å²) in [6.07, 6.45) is 4.66. The third-order valence-corrected chi connectivity index (χ3v) is 8.76. The van der Waals surface area contributed by atoms with E-state index in [9.17, 15) is 14.0 Å². The minimum Gasteiger partial charge on any atom is -0.444 e. The fourth-order valence-electron chi connectivity index (χ4n) is 6.82. The molecule has 2 aromatic carbocycles. The molecule has 0 saturated carbocycles. The molecule has 7 rings (SSSR count). The number of rotatable bonds is 3. The van der Waals surface area contributed by atoms with Crippen LogP contribution in [0.1, 0.15) is 73.2 Å². The number of halogens is 2. The van der Waals surface area contributed by atoms with Gasteiger partial charge >= 0.3 is 11.8 Å². The molecule has 1 amide bonds. The highest BCUT2D eigenvalue weighted by atomic mass is 19.1. The summed E-state index contributed by atoms with van der Waals surface area (Å²) >= 11 is 0. The van der Waals surface area contributed by atoms with E-state index in [-0.39, 0.29) is 30.1 Å². The van der Waals surface area contributed by atoms with Crippen LogP contribution in [0.4, 0.5) is 13.6 Å². The number of hydrogen-bond donors (Lipinski definition) is 2. The predicted molar refractivity (Wildman–Crippen MR) is 159 cm³/mol. The van der Waals surface area contributed by atoms with Crippen LogP contribution in [0.15, 0.2) is 41.5 Å². The number of imidazole rings is 1. The Morgan fingerprint density at radius 1 is 1.00 bits per heavy atom. The number of carbonyl (C=O) groups excluding carboxylic acids is 1. The van der Waals surface area contributed by atoms with Crippen LogP contribution in [0.3, 0.4) is 0 Å². The SMILES string of the molecule is Cc1cc(-n2nc3c(c2-n2ccn(-c4ccc5c(c4F)CNNC5)c2=O)[C@@H]2CC[C@H](C3)N2C(=O)OC(C)(C)C)cc(C)c1F. The van der Waals surface area contributed by atoms with Crippen LogP contribution in [0.25, 0.3) is 17.2 Å². The van der Waals surface area contributed by atoms with Crippen molar-refractivity contribution in [3.05, 3.63) is 92.3 Å². The lowest BCUT2D eigenvalue weighted by molar-refractivity contribution is 0.0124. The average molecular weight is 604 g/mol. The molecule has 1 fully saturated rings. The number of nitrogens with one attached hydrogen (secondary N) is 2. The number of carbonyl (C=O) groups is 1. The fourth-order valence-corrected chi connectivity index (χ4v) is 6.82. The second-order valence-electron chi connectivity index (χ2n) is 12.9. The molecule has 44 heavy (non-hydrogen) atoms. The van der Waals surface area contributed by atoms with Gasteiger partial charge in [0.25, 0.3) is 0 Å². The number of fused-ring (bicyclic) bond motifs is 5. The summed E-state index contributed by atoms with van der Waals surface area (Å²) in [5.41, 5.74) is 9.24. The maximum absolute atomic E-state index is 15.8. The first-order valence-electron chi connectivity index (χ1n) is 14.9. The van der Waals surface area contributed by atoms with Crippen molar-refractivity contribution in [2.24, 2.45) is 0 Å². The minimum atomic E-state index is -0.675. The maximum Gasteiger partial charge on any atom is 0.411 e. The summed E-state index contributed by atoms with van der Waals surface area (Å²) in [5.74, 6) is -0.332. The van der Waals surface area contributed by atoms with Gasteiger partial charge in [0.1, 0.15) is 17.2 Å². The lowest BCUT2D eigenvalue weighted by Gasteiger charge is -2.35. The molecule has 2 atom stereocenters. The molecule has 10 nitrogen and oxygen atoms in total. The molecule has 1 saturated heterocycles. The Hall–Kier alpha value is -4.29. The van der Waals surface area contributed by atoms with E-state index in [0.717, 1.165) is 23.2 Å². The van der Waals surface area contributed by atoms with Crippen LogP contribution < -0.4 is 16.5 Å². The number of benzene rings is 2. The molecule has 2 bridgehead atoms. The highest BCUT2D eigenvalue weighted by Gasteiger charge is 2.48. The van der Waals surface area contributed by atoms with E-state index < -0.39 is 23.2 Å². The van der Waals surface area contributed by atoms with Gasteiger partial charge in [0.15, 0.2) is 5.82 Å². The number of nitrogens with zero attached hydrogens (tertiary/aromatic N) is 5. The van der Waals surface area contributed by atoms with Gasteiger partial charge in [-0.05, 0) is 82.3 Å². The standard InChI is InChI=1S/C32H35F2N7O3/c1-17-12-21(13-18(2)27(17)33)41-29(26-23(37-41)14-20-7-9-24(26)40(20)31(43)44-32(3,4)5)39-11-10-38(30(39)42)25-8-6-19-15-35-36-16-22(19)28(25)34/h6,8,10-13,20,24,35-36H,7,9,14-16H2,1-5H3/t20-,24+/m1/s1. The Balaban J connectivity index is 1.42. The number of aromatic nitrogens is 4. The zero-order valence-corrected chi connectivity index (χ0v) is 25.4. The fraction of sp³-hybridized carbons (Fsp3) is 0.406. The van der Waals surface area contributed by atoms with Crippen LogP contribution in [0, 0.1) is 25.5 Å². The summed E-state index contributed by atoms with van der Waals surface area (Å²) in [5, 5.41) is 4.97. The molecule has 0 unspecified atom stereocenters. The third-order valence-electron chi connectivity index (χ3n) is 8.76. The van der Waals surface area contributed by atoms with Crippen LogP contribution in [0.2, 0.25) is 0 Å². The summed E-state index contributed by atoms with van der Waals surface area (Å²) in [7, 11) is 0. The average Bonchev–Trinajstić information content (AvgIpc) is 3.63. The zero-order valence-electron chi connectivity index (χ0n) is 25.4. The van der Waals surface area contributed by atoms with Crippen molar-refractivity contribution in [1.82, 2.24) is 34.7 Å². The molecule has 230 valence electrons. The molecule has 3 aliphatic rings. The largest absolute Gasteiger partial charge is 0.444 e. The number of amides is 1. The van der Waals surface area contributed by atoms with Crippen molar-refractivity contribution >= 4 is 6.09 Å². The normalized spacial score (nSPS) is 19.2. The van der Waals surface area contributed by atoms with Crippen molar-refractivity contribution in [2.75, 3.05) is 0 Å². The van der Waals surface area contributed by atoms with E-state index in [0.29, 0.717) is 47.6 Å². The van der Waals surface area contributed by atoms with Crippen LogP contribution in [-0.4, -0.2) is 41.6 Å². The maximum atomic E-state index is 15.8. The Kier molecular flexibility index (Phi) is 6.56. The number of ether oxygens (including phenoxy) is 1. The number of aryl methyl sites for hydroxylation is 2. The molecule has 2 aromatic heterocycles. The monoisotopic (exact) mass is 603 g/mol. The molecular formula is C32H35F2N7O3. The second kappa shape index (κ2) is 10.1. The van der Waals surface area contributed by atoms with Gasteiger partial charge in [-0.3, -0.25) is 24.9 Å². The van der Waals surface area contributed by atoms with E-state index in [2.05, 4.69) is 10.9 Å². The highest BCUT2D eigenvalue weighted by Crippen LogP contribution is 2.47. The first-order chi connectivity index (χ1) is 20.9. The molecule has 0 spiro atoms. The van der Waals surface area contributed by atoms with E-state index in [4.69, 9.17) is 9.84 Å². The van der Waals surface area contributed by atoms with E-state index in [1.54, 1.807) is 54.0 Å². The molecule has 4 aromatic rings. The van der Waals surface area contributed by atoms with Gasteiger partial charge in [-0.2, -0.15) is 5.10 Å². The van der Waals surface area contributed by atoms with Crippen molar-refractivity contribution in [3.63, 3.8) is 0 Å². The van der Waals surface area contributed by atoms with Gasteiger partial charge in [-0.1, -0.05) is 6.07 Å². The molecule has 0 aliphatic carbocycles. The van der Waals surface area contributed by atoms with Crippen LogP contribution >= 0.6 is 0 Å². The minimum absolute atomic E-state index is 0.0933. The lowest BCUT2D eigenvalue weighted by atomic mass is 9.99. The quantitative estimate of drug-likeness (QED) is 0.349. The van der Waals surface area contributed by atoms with Gasteiger partial charge in [0.2, 0.25) is 0 Å². The smallest absolute Gasteiger partial charge is 0.411 e. The first-order valence-corrected chi connectivity index (χ1v) is 14.9. The molecule has 0 radical (unpaired) electrons. The highest BCUT2D eigenvalue weighted by molar-refractivity contribution is 5.71. The van der Waals surface area contributed by atoms with Gasteiger partial charge in [0, 0.05) is 49.1 Å². The number of hydrazine groups is 1. The van der Waals surface area contributed by atoms with E-state index in [1.807, 2.05) is 26.8 Å². The lowest BCUT2D eigenvalue weighted by Crippen LogP contribution is -2.44. The van der Waals surface area contributed by atoms with Crippen LogP contribution in [0.5, 0.6) is 0 Å². The Bertz CT molecular complexity index is 1860. The first kappa shape index (κ1) is 28.5. The Labute approximate surface area is 253 Å². The number of hydrogen-bond acceptors (Lipinski definition) is 6. The van der Waals surface area contributed by atoms with Gasteiger partial charge in [-0.15, -0.1) is 0 Å². The van der Waals surface area contributed by atoms with E-state index in [1.165, 1.54) is 9.13 Å². The Morgan fingerprint density at radius 3 is 2.43 bits per heavy atom. The topological polar surface area (TPSA) is 98.4 Å². The van der Waals surface area contributed by atoms with Gasteiger partial charge in [-0.25, -0.2) is 23.1 Å². The van der Waals surface area contributed by atoms with Gasteiger partial charge < -0.3 is 4.74 Å². The van der Waals surface area contributed by atoms with Crippen molar-refractivity contribution in [1.29, 1.82) is 0 Å². The van der Waals surface area contributed by atoms with Crippen LogP contribution in [-0.2, 0) is 24.2 Å². The molecule has 12 heteroatoms. The second-order valence-corrected chi connectivity index (χ2v) is 12.9. The molecule has 5 heterocycles. The summed E-state index contributed by atoms with van der Waals surface area (Å²) in [6.45, 7) is 9.64. The molecule has 2 N–H and O–H groups in total. The molecule has 3 aliphatic heterocycles. The predicted octanol–water partition coefficient (Wildman–Crippen LogP) is 4.81. The van der Waals surface area contributed by atoms with Gasteiger partial charge in [0.05, 0.1) is 23.1 Å². The summed E-state index contributed by atoms with van der Waals surface area (Å²) in [4.78, 5) is 29.4. The van der Waals surface area contributed by atoms with Crippen molar-refractivity contribution < 1.29 is 18.3 Å². The summed E-state index contributed by atoms with van der Waals surface area (Å²) in [6, 6.07) is 6.35. The molecular weight excluding hydrogens is 568 g/mol. The zero-order chi connectivity index (χ0) is 31.1. The summed E-state index contributed by atoms with van der Waals surface area (Å²) < 4.78 is 40.6.